The van der Waals surface area contributed by atoms with Crippen molar-refractivity contribution in [3.05, 3.63) is 35.9 Å². The van der Waals surface area contributed by atoms with Gasteiger partial charge >= 0.3 is 5.97 Å². The maximum Gasteiger partial charge on any atom is 0.314 e. The van der Waals surface area contributed by atoms with E-state index in [1.165, 1.54) is 12.1 Å². The second-order valence-corrected chi connectivity index (χ2v) is 3.55. The van der Waals surface area contributed by atoms with Gasteiger partial charge in [-0.25, -0.2) is 0 Å². The Balaban J connectivity index is 2.63. The Morgan fingerprint density at radius 2 is 2.24 bits per heavy atom. The number of ether oxygens (including phenoxy) is 1. The Morgan fingerprint density at radius 3 is 2.94 bits per heavy atom. The predicted octanol–water partition coefficient (Wildman–Crippen LogP) is 2.09. The van der Waals surface area contributed by atoms with E-state index in [9.17, 15) is 4.79 Å². The van der Waals surface area contributed by atoms with E-state index in [4.69, 9.17) is 15.7 Å². The van der Waals surface area contributed by atoms with Gasteiger partial charge in [0.05, 0.1) is 13.0 Å². The molecule has 2 unspecified atom stereocenters. The van der Waals surface area contributed by atoms with Gasteiger partial charge in [0.25, 0.3) is 0 Å². The van der Waals surface area contributed by atoms with Crippen molar-refractivity contribution in [2.75, 3.05) is 13.6 Å². The first-order chi connectivity index (χ1) is 11.3. The first kappa shape index (κ1) is 5.53. The fourth-order valence-corrected chi connectivity index (χ4v) is 1.71. The Hall–Kier alpha value is -1.35. The summed E-state index contributed by atoms with van der Waals surface area (Å²) in [6.07, 6.45) is -9.28. The number of rotatable bonds is 3. The number of carbonyl (C=O) groups excluding carboxylic acids is 1. The van der Waals surface area contributed by atoms with Gasteiger partial charge in [0, 0.05) is 17.0 Å². The SMILES string of the molecule is [2H]C1([2H])NC(C(C(=O)OC)c2ccccc2)C([2H])([2H])C([2H])([2H])C1([2H])[2H]. The molecule has 1 heterocycles. The van der Waals surface area contributed by atoms with Gasteiger partial charge in [-0.2, -0.15) is 0 Å². The van der Waals surface area contributed by atoms with E-state index >= 15 is 0 Å². The molecule has 0 aromatic heterocycles. The van der Waals surface area contributed by atoms with Gasteiger partial charge in [-0.15, -0.1) is 0 Å². The molecule has 0 spiro atoms. The van der Waals surface area contributed by atoms with Crippen LogP contribution in [0.2, 0.25) is 0 Å². The minimum absolute atomic E-state index is 0.310. The molecule has 0 bridgehead atoms. The van der Waals surface area contributed by atoms with Crippen LogP contribution in [-0.2, 0) is 9.53 Å². The number of nitrogens with one attached hydrogen (secondary N) is 1. The number of esters is 1. The van der Waals surface area contributed by atoms with Gasteiger partial charge in [-0.05, 0) is 24.8 Å². The lowest BCUT2D eigenvalue weighted by molar-refractivity contribution is -0.143. The van der Waals surface area contributed by atoms with Crippen LogP contribution in [0.5, 0.6) is 0 Å². The molecule has 3 nitrogen and oxygen atoms in total. The summed E-state index contributed by atoms with van der Waals surface area (Å²) in [7, 11) is 1.10. The van der Waals surface area contributed by atoms with Crippen LogP contribution >= 0.6 is 0 Å². The molecule has 0 aliphatic carbocycles. The Kier molecular flexibility index (Phi) is 1.89. The number of benzene rings is 1. The predicted molar refractivity (Wildman–Crippen MR) is 66.8 cm³/mol. The molecule has 1 aromatic rings. The summed E-state index contributed by atoms with van der Waals surface area (Å²) in [5, 5.41) is 2.19. The van der Waals surface area contributed by atoms with Gasteiger partial charge in [-0.3, -0.25) is 4.79 Å². The minimum atomic E-state index is -3.21. The fraction of sp³-hybridized carbons (Fsp3) is 0.500. The molecule has 3 heteroatoms. The van der Waals surface area contributed by atoms with Crippen molar-refractivity contribution >= 4 is 5.97 Å². The topological polar surface area (TPSA) is 38.3 Å². The number of hydrogen-bond donors (Lipinski definition) is 1. The third-order valence-corrected chi connectivity index (χ3v) is 2.53. The average Bonchev–Trinajstić information content (AvgIpc) is 2.53. The van der Waals surface area contributed by atoms with E-state index in [0.717, 1.165) is 7.11 Å². The van der Waals surface area contributed by atoms with Crippen molar-refractivity contribution in [1.82, 2.24) is 5.32 Å². The molecule has 1 aromatic carbocycles. The Bertz CT molecular complexity index is 649. The maximum absolute atomic E-state index is 12.3. The highest BCUT2D eigenvalue weighted by Crippen LogP contribution is 2.26. The third kappa shape index (κ3) is 2.86. The standard InChI is InChI=1S/C14H19NO2/c1-17-14(16)13(11-7-3-2-4-8-11)12-9-5-6-10-15-12/h2-4,7-8,12-13,15H,5-6,9-10H2,1H3/i5D2,6D2,9D2,10D2. The maximum atomic E-state index is 12.3. The molecule has 92 valence electrons. The van der Waals surface area contributed by atoms with Gasteiger partial charge in [-0.1, -0.05) is 36.7 Å². The van der Waals surface area contributed by atoms with Crippen LogP contribution in [0, 0.1) is 0 Å². The van der Waals surface area contributed by atoms with E-state index in [-0.39, 0.29) is 0 Å². The summed E-state index contributed by atoms with van der Waals surface area (Å²) >= 11 is 0. The molecule has 17 heavy (non-hydrogen) atoms. The van der Waals surface area contributed by atoms with Gasteiger partial charge in [0.2, 0.25) is 0 Å². The fourth-order valence-electron chi connectivity index (χ4n) is 1.71. The molecule has 1 fully saturated rings. The molecular formula is C14H19NO2. The van der Waals surface area contributed by atoms with E-state index in [0.29, 0.717) is 5.56 Å². The molecule has 2 rings (SSSR count). The molecule has 1 aliphatic rings. The van der Waals surface area contributed by atoms with Crippen LogP contribution in [0.1, 0.15) is 41.6 Å². The molecule has 1 saturated heterocycles. The van der Waals surface area contributed by atoms with Crippen LogP contribution in [-0.4, -0.2) is 25.6 Å². The Labute approximate surface area is 113 Å². The second kappa shape index (κ2) is 5.82. The van der Waals surface area contributed by atoms with Crippen LogP contribution in [0.25, 0.3) is 0 Å². The van der Waals surface area contributed by atoms with Gasteiger partial charge < -0.3 is 10.1 Å². The minimum Gasteiger partial charge on any atom is -0.469 e. The van der Waals surface area contributed by atoms with Gasteiger partial charge in [0.15, 0.2) is 0 Å². The number of hydrogen-bond acceptors (Lipinski definition) is 3. The van der Waals surface area contributed by atoms with E-state index in [1.807, 2.05) is 0 Å². The van der Waals surface area contributed by atoms with Crippen LogP contribution in [0.3, 0.4) is 0 Å². The lowest BCUT2D eigenvalue weighted by Crippen LogP contribution is -2.42. The smallest absolute Gasteiger partial charge is 0.314 e. The highest BCUT2D eigenvalue weighted by atomic mass is 16.5. The van der Waals surface area contributed by atoms with Crippen molar-refractivity contribution in [2.45, 2.75) is 31.1 Å². The quantitative estimate of drug-likeness (QED) is 0.823. The van der Waals surface area contributed by atoms with Crippen molar-refractivity contribution in [1.29, 1.82) is 0 Å². The molecule has 0 amide bonds. The first-order valence-electron chi connectivity index (χ1n) is 9.22. The van der Waals surface area contributed by atoms with Crippen molar-refractivity contribution in [2.24, 2.45) is 0 Å². The normalized spacial score (nSPS) is 40.6. The third-order valence-electron chi connectivity index (χ3n) is 2.53. The summed E-state index contributed by atoms with van der Waals surface area (Å²) in [6, 6.07) is 6.24. The Morgan fingerprint density at radius 1 is 1.47 bits per heavy atom. The van der Waals surface area contributed by atoms with E-state index in [2.05, 4.69) is 5.32 Å². The van der Waals surface area contributed by atoms with Crippen LogP contribution in [0.4, 0.5) is 0 Å². The molecule has 1 N–H and O–H groups in total. The molecule has 0 saturated carbocycles. The van der Waals surface area contributed by atoms with Crippen molar-refractivity contribution < 1.29 is 20.5 Å². The summed E-state index contributed by atoms with van der Waals surface area (Å²) in [5.74, 6) is -2.23. The summed E-state index contributed by atoms with van der Waals surface area (Å²) in [5.41, 5.74) is 0.310. The van der Waals surface area contributed by atoms with Gasteiger partial charge in [0.1, 0.15) is 0 Å². The number of methoxy groups -OCH3 is 1. The number of piperidine rings is 1. The molecule has 1 aliphatic heterocycles. The lowest BCUT2D eigenvalue weighted by atomic mass is 9.86. The molecule has 2 atom stereocenters. The molecule has 0 radical (unpaired) electrons. The molecular weight excluding hydrogens is 214 g/mol. The number of carbonyl (C=O) groups is 1. The lowest BCUT2D eigenvalue weighted by Gasteiger charge is -2.29. The summed E-state index contributed by atoms with van der Waals surface area (Å²) in [6.45, 7) is -2.91. The van der Waals surface area contributed by atoms with Crippen LogP contribution < -0.4 is 5.32 Å². The first-order valence-corrected chi connectivity index (χ1v) is 5.22. The highest BCUT2D eigenvalue weighted by molar-refractivity contribution is 5.79. The summed E-state index contributed by atoms with van der Waals surface area (Å²) < 4.78 is 68.3. The second-order valence-electron chi connectivity index (χ2n) is 3.55. The monoisotopic (exact) mass is 241 g/mol. The zero-order chi connectivity index (χ0) is 19.3. The average molecular weight is 241 g/mol. The zero-order valence-corrected chi connectivity index (χ0v) is 9.36. The van der Waals surface area contributed by atoms with E-state index < -0.39 is 43.5 Å². The van der Waals surface area contributed by atoms with Crippen molar-refractivity contribution in [3.8, 4) is 0 Å². The highest BCUT2D eigenvalue weighted by Gasteiger charge is 2.31. The largest absolute Gasteiger partial charge is 0.469 e. The van der Waals surface area contributed by atoms with E-state index in [1.54, 1.807) is 18.2 Å². The zero-order valence-electron chi connectivity index (χ0n) is 17.4. The van der Waals surface area contributed by atoms with Crippen LogP contribution in [0.15, 0.2) is 30.3 Å². The summed E-state index contributed by atoms with van der Waals surface area (Å²) in [4.78, 5) is 12.3. The van der Waals surface area contributed by atoms with Crippen molar-refractivity contribution in [3.63, 3.8) is 0 Å².